The second kappa shape index (κ2) is 6.24. The molecule has 1 heterocycles. The van der Waals surface area contributed by atoms with Crippen molar-refractivity contribution in [2.45, 2.75) is 26.8 Å². The first kappa shape index (κ1) is 13.4. The Hall–Kier alpha value is -2.01. The molecule has 0 aliphatic rings. The highest BCUT2D eigenvalue weighted by atomic mass is 16.5. The molecule has 0 aliphatic carbocycles. The van der Waals surface area contributed by atoms with Gasteiger partial charge in [0.25, 0.3) is 0 Å². The summed E-state index contributed by atoms with van der Waals surface area (Å²) in [5, 5.41) is 0. The summed E-state index contributed by atoms with van der Waals surface area (Å²) in [5.41, 5.74) is 6.51. The first-order valence-corrected chi connectivity index (χ1v) is 6.37. The van der Waals surface area contributed by atoms with Gasteiger partial charge < -0.3 is 10.5 Å². The first-order chi connectivity index (χ1) is 9.22. The van der Waals surface area contributed by atoms with Gasteiger partial charge in [-0.3, -0.25) is 0 Å². The molecule has 0 spiro atoms. The molecule has 2 N–H and O–H groups in total. The van der Waals surface area contributed by atoms with Crippen molar-refractivity contribution in [2.24, 2.45) is 5.73 Å². The maximum absolute atomic E-state index is 5.57. The average molecular weight is 258 g/mol. The molecule has 19 heavy (non-hydrogen) atoms. The van der Waals surface area contributed by atoms with Crippen LogP contribution < -0.4 is 10.5 Å². The molecule has 0 saturated carbocycles. The molecule has 0 saturated heterocycles. The van der Waals surface area contributed by atoms with Gasteiger partial charge in [-0.25, -0.2) is 15.0 Å². The molecule has 0 aliphatic heterocycles. The topological polar surface area (TPSA) is 73.9 Å². The summed E-state index contributed by atoms with van der Waals surface area (Å²) < 4.78 is 5.54. The number of nitrogens with zero attached hydrogens (tertiary/aromatic N) is 3. The number of ether oxygens (including phenoxy) is 1. The average Bonchev–Trinajstić information content (AvgIpc) is 2.45. The van der Waals surface area contributed by atoms with E-state index in [2.05, 4.69) is 21.9 Å². The van der Waals surface area contributed by atoms with Gasteiger partial charge in [-0.15, -0.1) is 0 Å². The molecule has 0 bridgehead atoms. The molecule has 5 heteroatoms. The van der Waals surface area contributed by atoms with E-state index >= 15 is 0 Å². The van der Waals surface area contributed by atoms with Crippen LogP contribution in [0.4, 0.5) is 0 Å². The maximum atomic E-state index is 5.57. The van der Waals surface area contributed by atoms with Crippen LogP contribution in [0, 0.1) is 6.92 Å². The van der Waals surface area contributed by atoms with Gasteiger partial charge in [0, 0.05) is 5.56 Å². The molecular formula is C14H18N4O. The van der Waals surface area contributed by atoms with Crippen LogP contribution in [-0.2, 0) is 6.54 Å². The fourth-order valence-electron chi connectivity index (χ4n) is 1.68. The van der Waals surface area contributed by atoms with E-state index in [1.165, 1.54) is 0 Å². The van der Waals surface area contributed by atoms with E-state index in [1.807, 2.05) is 31.2 Å². The Labute approximate surface area is 112 Å². The molecule has 5 nitrogen and oxygen atoms in total. The van der Waals surface area contributed by atoms with Crippen molar-refractivity contribution >= 4 is 0 Å². The number of hydrogen-bond donors (Lipinski definition) is 1. The van der Waals surface area contributed by atoms with Crippen LogP contribution in [0.3, 0.4) is 0 Å². The minimum absolute atomic E-state index is 0.314. The number of benzene rings is 1. The highest BCUT2D eigenvalue weighted by molar-refractivity contribution is 5.56. The number of rotatable bonds is 5. The monoisotopic (exact) mass is 258 g/mol. The molecule has 0 atom stereocenters. The molecule has 0 amide bonds. The van der Waals surface area contributed by atoms with Crippen LogP contribution in [0.5, 0.6) is 5.75 Å². The summed E-state index contributed by atoms with van der Waals surface area (Å²) in [5.74, 6) is 2.79. The summed E-state index contributed by atoms with van der Waals surface area (Å²) in [4.78, 5) is 12.8. The molecule has 1 aromatic heterocycles. The quantitative estimate of drug-likeness (QED) is 0.889. The van der Waals surface area contributed by atoms with Crippen molar-refractivity contribution in [3.8, 4) is 17.1 Å². The zero-order valence-electron chi connectivity index (χ0n) is 11.3. The number of nitrogens with two attached hydrogens (primary N) is 1. The van der Waals surface area contributed by atoms with E-state index in [9.17, 15) is 0 Å². The maximum Gasteiger partial charge on any atom is 0.163 e. The van der Waals surface area contributed by atoms with Gasteiger partial charge in [-0.2, -0.15) is 0 Å². The van der Waals surface area contributed by atoms with Crippen molar-refractivity contribution in [3.05, 3.63) is 35.9 Å². The van der Waals surface area contributed by atoms with Crippen molar-refractivity contribution in [1.82, 2.24) is 15.0 Å². The molecule has 2 aromatic rings. The molecule has 100 valence electrons. The van der Waals surface area contributed by atoms with E-state index in [4.69, 9.17) is 10.5 Å². The van der Waals surface area contributed by atoms with Crippen LogP contribution >= 0.6 is 0 Å². The third-order valence-electron chi connectivity index (χ3n) is 2.56. The zero-order valence-corrected chi connectivity index (χ0v) is 11.3. The lowest BCUT2D eigenvalue weighted by atomic mass is 10.2. The van der Waals surface area contributed by atoms with Gasteiger partial charge in [0.15, 0.2) is 5.82 Å². The third-order valence-corrected chi connectivity index (χ3v) is 2.56. The summed E-state index contributed by atoms with van der Waals surface area (Å²) in [7, 11) is 0. The van der Waals surface area contributed by atoms with Crippen molar-refractivity contribution in [3.63, 3.8) is 0 Å². The molecular weight excluding hydrogens is 240 g/mol. The Bertz CT molecular complexity index is 540. The lowest BCUT2D eigenvalue weighted by Crippen LogP contribution is -2.07. The van der Waals surface area contributed by atoms with Crippen molar-refractivity contribution < 1.29 is 4.74 Å². The summed E-state index contributed by atoms with van der Waals surface area (Å²) >= 11 is 0. The van der Waals surface area contributed by atoms with E-state index in [1.54, 1.807) is 0 Å². The summed E-state index contributed by atoms with van der Waals surface area (Å²) in [6, 6.07) is 7.73. The van der Waals surface area contributed by atoms with E-state index in [0.29, 0.717) is 24.0 Å². The lowest BCUT2D eigenvalue weighted by Gasteiger charge is -2.06. The molecule has 0 radical (unpaired) electrons. The number of aromatic nitrogens is 3. The van der Waals surface area contributed by atoms with Gasteiger partial charge >= 0.3 is 0 Å². The second-order valence-corrected chi connectivity index (χ2v) is 4.20. The predicted molar refractivity (Wildman–Crippen MR) is 73.7 cm³/mol. The minimum atomic E-state index is 0.314. The van der Waals surface area contributed by atoms with Crippen LogP contribution in [0.25, 0.3) is 11.4 Å². The van der Waals surface area contributed by atoms with Crippen LogP contribution in [0.2, 0.25) is 0 Å². The Balaban J connectivity index is 2.24. The Morgan fingerprint density at radius 2 is 1.84 bits per heavy atom. The molecule has 2 rings (SSSR count). The first-order valence-electron chi connectivity index (χ1n) is 6.37. The zero-order chi connectivity index (χ0) is 13.7. The predicted octanol–water partition coefficient (Wildman–Crippen LogP) is 2.09. The fourth-order valence-corrected chi connectivity index (χ4v) is 1.68. The van der Waals surface area contributed by atoms with Gasteiger partial charge in [0.05, 0.1) is 13.2 Å². The van der Waals surface area contributed by atoms with E-state index in [0.717, 1.165) is 24.3 Å². The van der Waals surface area contributed by atoms with Crippen molar-refractivity contribution in [1.29, 1.82) is 0 Å². The van der Waals surface area contributed by atoms with E-state index < -0.39 is 0 Å². The van der Waals surface area contributed by atoms with Gasteiger partial charge in [0.1, 0.15) is 17.4 Å². The largest absolute Gasteiger partial charge is 0.494 e. The van der Waals surface area contributed by atoms with Crippen LogP contribution in [0.1, 0.15) is 25.0 Å². The summed E-state index contributed by atoms with van der Waals surface area (Å²) in [6.45, 7) is 4.95. The normalized spacial score (nSPS) is 10.5. The van der Waals surface area contributed by atoms with Gasteiger partial charge in [-0.1, -0.05) is 6.92 Å². The Morgan fingerprint density at radius 1 is 1.11 bits per heavy atom. The fraction of sp³-hybridized carbons (Fsp3) is 0.357. The van der Waals surface area contributed by atoms with Crippen LogP contribution in [0.15, 0.2) is 24.3 Å². The lowest BCUT2D eigenvalue weighted by molar-refractivity contribution is 0.317. The molecule has 1 aromatic carbocycles. The van der Waals surface area contributed by atoms with Gasteiger partial charge in [-0.05, 0) is 37.6 Å². The highest BCUT2D eigenvalue weighted by Gasteiger charge is 2.05. The van der Waals surface area contributed by atoms with Gasteiger partial charge in [0.2, 0.25) is 0 Å². The van der Waals surface area contributed by atoms with Crippen molar-refractivity contribution in [2.75, 3.05) is 6.61 Å². The summed E-state index contributed by atoms with van der Waals surface area (Å²) in [6.07, 6.45) is 0.994. The Kier molecular flexibility index (Phi) is 4.41. The number of hydrogen-bond acceptors (Lipinski definition) is 5. The van der Waals surface area contributed by atoms with Crippen LogP contribution in [-0.4, -0.2) is 21.6 Å². The SMILES string of the molecule is CCCOc1ccc(-c2nc(C)nc(CN)n2)cc1. The van der Waals surface area contributed by atoms with E-state index in [-0.39, 0.29) is 0 Å². The molecule has 0 unspecified atom stereocenters. The second-order valence-electron chi connectivity index (χ2n) is 4.20. The highest BCUT2D eigenvalue weighted by Crippen LogP contribution is 2.19. The standard InChI is InChI=1S/C14H18N4O/c1-3-8-19-12-6-4-11(5-7-12)14-17-10(2)16-13(9-15)18-14/h4-7H,3,8-9,15H2,1-2H3. The molecule has 0 fully saturated rings. The Morgan fingerprint density at radius 3 is 2.47 bits per heavy atom. The minimum Gasteiger partial charge on any atom is -0.494 e. The third kappa shape index (κ3) is 3.48. The smallest absolute Gasteiger partial charge is 0.163 e. The number of aryl methyl sites for hydroxylation is 1.